The molecule has 4 aromatic carbocycles. The quantitative estimate of drug-likeness (QED) is 0.0995. The van der Waals surface area contributed by atoms with Gasteiger partial charge in [0.2, 0.25) is 0 Å². The molecule has 4 aromatic rings. The Balaban J connectivity index is 0.986. The van der Waals surface area contributed by atoms with E-state index in [9.17, 15) is 0 Å². The van der Waals surface area contributed by atoms with Gasteiger partial charge >= 0.3 is 0 Å². The number of carbonyl (C=O) groups excluding carboxylic acids is 8. The zero-order valence-corrected chi connectivity index (χ0v) is 56.6. The van der Waals surface area contributed by atoms with Crippen molar-refractivity contribution in [2.24, 2.45) is 0 Å². The van der Waals surface area contributed by atoms with Crippen molar-refractivity contribution < 1.29 is 62.0 Å². The van der Waals surface area contributed by atoms with E-state index in [-0.39, 0.29) is 100 Å². The van der Waals surface area contributed by atoms with Crippen LogP contribution in [-0.2, 0) is 21.7 Å². The van der Waals surface area contributed by atoms with Crippen molar-refractivity contribution in [1.29, 1.82) is 0 Å². The molecule has 13 nitrogen and oxygen atoms in total. The van der Waals surface area contributed by atoms with Crippen LogP contribution >= 0.6 is 0 Å². The molecule has 0 radical (unpaired) electrons. The Labute approximate surface area is 596 Å². The molecular weight excluding hydrogens is 1300 g/mol. The highest BCUT2D eigenvalue weighted by atomic mass is 16.5. The lowest BCUT2D eigenvalue weighted by molar-refractivity contribution is 0.0813. The van der Waals surface area contributed by atoms with Gasteiger partial charge in [-0.15, -0.1) is 0 Å². The number of carbonyl (C=O) groups is 8. The highest BCUT2D eigenvalue weighted by molar-refractivity contribution is 6.41. The zero-order valence-electron chi connectivity index (χ0n) is 56.6. The van der Waals surface area contributed by atoms with Crippen molar-refractivity contribution in [3.63, 3.8) is 0 Å². The molecule has 104 heavy (non-hydrogen) atoms. The van der Waals surface area contributed by atoms with Crippen LogP contribution in [-0.4, -0.2) is 81.8 Å². The molecular formula is C91H58O13. The summed E-state index contributed by atoms with van der Waals surface area (Å²) in [5.41, 5.74) is -2.96. The summed E-state index contributed by atoms with van der Waals surface area (Å²) in [6, 6.07) is 73.6. The van der Waals surface area contributed by atoms with Crippen LogP contribution in [0.25, 0.3) is 55.6 Å². The summed E-state index contributed by atoms with van der Waals surface area (Å²) in [4.78, 5) is 135. The summed E-state index contributed by atoms with van der Waals surface area (Å²) in [6.45, 7) is 0. The van der Waals surface area contributed by atoms with Crippen molar-refractivity contribution in [2.75, 3.05) is 35.5 Å². The van der Waals surface area contributed by atoms with Gasteiger partial charge in [0.15, 0.2) is 46.3 Å². The van der Waals surface area contributed by atoms with Crippen molar-refractivity contribution >= 4 is 46.3 Å². The minimum Gasteiger partial charge on any atom is -0.497 e. The van der Waals surface area contributed by atoms with E-state index in [0.29, 0.717) is 73.3 Å². The summed E-state index contributed by atoms with van der Waals surface area (Å²) in [5, 5.41) is 0. The molecule has 14 aliphatic rings. The van der Waals surface area contributed by atoms with Crippen molar-refractivity contribution in [2.45, 2.75) is 21.7 Å². The van der Waals surface area contributed by atoms with Gasteiger partial charge in [-0.1, -0.05) is 200 Å². The molecule has 14 aliphatic carbocycles. The summed E-state index contributed by atoms with van der Waals surface area (Å²) in [6.07, 6.45) is 0. The van der Waals surface area contributed by atoms with Gasteiger partial charge in [0.1, 0.15) is 50.4 Å². The van der Waals surface area contributed by atoms with E-state index in [1.54, 1.807) is 239 Å². The average Bonchev–Trinajstić information content (AvgIpc) is 1.50. The molecule has 0 heterocycles. The third kappa shape index (κ3) is 7.97. The Morgan fingerprint density at radius 2 is 0.337 bits per heavy atom. The van der Waals surface area contributed by atoms with Crippen molar-refractivity contribution in [3.05, 3.63) is 350 Å². The number of methoxy groups -OCH3 is 5. The number of hydrogen-bond acceptors (Lipinski definition) is 13. The van der Waals surface area contributed by atoms with Gasteiger partial charge in [-0.2, -0.15) is 0 Å². The molecule has 0 amide bonds. The van der Waals surface area contributed by atoms with E-state index in [1.807, 2.05) is 36.4 Å². The van der Waals surface area contributed by atoms with Crippen LogP contribution in [0.1, 0.15) is 127 Å². The fourth-order valence-corrected chi connectivity index (χ4v) is 17.8. The Morgan fingerprint density at radius 1 is 0.173 bits per heavy atom. The molecule has 0 aromatic heterocycles. The number of ketones is 8. The highest BCUT2D eigenvalue weighted by Gasteiger charge is 2.66. The van der Waals surface area contributed by atoms with E-state index in [2.05, 4.69) is 0 Å². The third-order valence-electron chi connectivity index (χ3n) is 22.5. The Kier molecular flexibility index (Phi) is 13.9. The minimum absolute atomic E-state index is 0.0435. The van der Waals surface area contributed by atoms with Gasteiger partial charge < -0.3 is 23.7 Å². The molecule has 0 saturated heterocycles. The molecule has 0 atom stereocenters. The van der Waals surface area contributed by atoms with Gasteiger partial charge in [0.05, 0.1) is 35.5 Å². The topological polar surface area (TPSA) is 183 Å². The van der Waals surface area contributed by atoms with Crippen LogP contribution < -0.4 is 23.7 Å². The molecule has 0 bridgehead atoms. The van der Waals surface area contributed by atoms with Gasteiger partial charge in [-0.25, -0.2) is 0 Å². The second-order valence-corrected chi connectivity index (χ2v) is 26.8. The maximum absolute atomic E-state index is 17.3. The molecule has 0 saturated carbocycles. The first-order valence-corrected chi connectivity index (χ1v) is 33.9. The van der Waals surface area contributed by atoms with Gasteiger partial charge in [0.25, 0.3) is 0 Å². The van der Waals surface area contributed by atoms with E-state index >= 15 is 38.4 Å². The standard InChI is InChI=1S/C91H58O13/c1-100-51-26-22-49-24-44-72(56(49)36-28-51)88(80(92)64-14-6-7-15-65(64)81(88)93)74-46-76(60-40-32-53(102-3)30-38-58(60)74)90(84(96)68-18-10-11-19-69(68)85(90)97)78-48-79(63-43-35-55(104-5)34-42-62(63)78)91(86(98)70-20-12-13-21-71(70)87(91)99)77-47-75(59-39-31-54(103-4)33-41-61(59)77)89(82(94)66-16-8-9-17-67(66)83(89)95)73-45-25-50-23-27-52(101-2)29-37-57(50)73/h6-48H,1-5H3. The highest BCUT2D eigenvalue weighted by Crippen LogP contribution is 2.63. The Bertz CT molecular complexity index is 5510. The SMILES string of the molecule is COc1ccc2ccc(C3(c4cc(C5(c6cc(C7(c8cc(C9(c%10ccc%11ccc(OC)ccc%10-%11)C(=O)c%10ccccc%10C9=O)c9ccc(OC)ccc8-9)C(=O)c8ccccc8C7=O)c7ccc(OC)ccc6-7)C(=O)c6ccccc6C5=O)c5ccc(OC)ccc4-5)C(=O)c4ccccc4C3=O)c-2cc1. The van der Waals surface area contributed by atoms with Crippen LogP contribution in [0, 0.1) is 0 Å². The smallest absolute Gasteiger partial charge is 0.186 e. The second kappa shape index (κ2) is 22.9. The summed E-state index contributed by atoms with van der Waals surface area (Å²) >= 11 is 0. The Morgan fingerprint density at radius 3 is 0.529 bits per heavy atom. The van der Waals surface area contributed by atoms with Gasteiger partial charge in [0, 0.05) is 44.5 Å². The number of benzene rings is 4. The lowest BCUT2D eigenvalue weighted by Gasteiger charge is -2.29. The largest absolute Gasteiger partial charge is 0.497 e. The molecule has 0 N–H and O–H groups in total. The molecule has 0 aliphatic heterocycles. The van der Waals surface area contributed by atoms with E-state index in [0.717, 1.165) is 0 Å². The van der Waals surface area contributed by atoms with E-state index in [4.69, 9.17) is 23.7 Å². The fourth-order valence-electron chi connectivity index (χ4n) is 17.8. The number of fused-ring (bicyclic) bond motifs is 9. The van der Waals surface area contributed by atoms with Crippen molar-refractivity contribution in [1.82, 2.24) is 0 Å². The zero-order chi connectivity index (χ0) is 71.5. The predicted molar refractivity (Wildman–Crippen MR) is 392 cm³/mol. The minimum atomic E-state index is -2.50. The fraction of sp³-hybridized carbons (Fsp3) is 0.0989. The molecule has 13 heteroatoms. The van der Waals surface area contributed by atoms with Crippen LogP contribution in [0.4, 0.5) is 0 Å². The average molecular weight is 1360 g/mol. The first-order valence-electron chi connectivity index (χ1n) is 33.9. The van der Waals surface area contributed by atoms with E-state index in [1.165, 1.54) is 21.3 Å². The summed E-state index contributed by atoms with van der Waals surface area (Å²) in [5.74, 6) is -2.80. The molecule has 0 unspecified atom stereocenters. The number of rotatable bonds is 13. The maximum atomic E-state index is 17.3. The summed E-state index contributed by atoms with van der Waals surface area (Å²) < 4.78 is 29.3. The van der Waals surface area contributed by atoms with Gasteiger partial charge in [-0.3, -0.25) is 38.4 Å². The van der Waals surface area contributed by atoms with Gasteiger partial charge in [-0.05, 0) is 161 Å². The monoisotopic (exact) mass is 1360 g/mol. The van der Waals surface area contributed by atoms with Crippen molar-refractivity contribution in [3.8, 4) is 84.4 Å². The first-order chi connectivity index (χ1) is 50.7. The molecule has 500 valence electrons. The van der Waals surface area contributed by atoms with Crippen LogP contribution in [0.3, 0.4) is 0 Å². The molecule has 0 spiro atoms. The maximum Gasteiger partial charge on any atom is 0.186 e. The number of hydrogen-bond donors (Lipinski definition) is 0. The normalized spacial score (nSPS) is 15.8. The van der Waals surface area contributed by atoms with Crippen LogP contribution in [0.15, 0.2) is 261 Å². The van der Waals surface area contributed by atoms with Crippen LogP contribution in [0.5, 0.6) is 28.7 Å². The number of ether oxygens (including phenoxy) is 5. The predicted octanol–water partition coefficient (Wildman–Crippen LogP) is 16.7. The molecule has 0 fully saturated rings. The van der Waals surface area contributed by atoms with E-state index < -0.39 is 67.9 Å². The Hall–Kier alpha value is -13.3. The first kappa shape index (κ1) is 63.0. The lowest BCUT2D eigenvalue weighted by Crippen LogP contribution is -2.41. The van der Waals surface area contributed by atoms with Crippen LogP contribution in [0.2, 0.25) is 0 Å². The lowest BCUT2D eigenvalue weighted by atomic mass is 9.68. The third-order valence-corrected chi connectivity index (χ3v) is 22.5. The number of Topliss-reactive ketones (excluding diaryl/α,β-unsaturated/α-hetero) is 8. The summed E-state index contributed by atoms with van der Waals surface area (Å²) in [7, 11) is 7.59. The second-order valence-electron chi connectivity index (χ2n) is 26.8. The molecule has 18 rings (SSSR count).